The predicted octanol–water partition coefficient (Wildman–Crippen LogP) is 3.07. The average molecular weight is 217 g/mol. The van der Waals surface area contributed by atoms with Crippen molar-refractivity contribution < 1.29 is 5.11 Å². The van der Waals surface area contributed by atoms with Gasteiger partial charge in [0.2, 0.25) is 0 Å². The van der Waals surface area contributed by atoms with Crippen molar-refractivity contribution in [3.8, 4) is 5.75 Å². The summed E-state index contributed by atoms with van der Waals surface area (Å²) in [4.78, 5) is 0. The van der Waals surface area contributed by atoms with Gasteiger partial charge in [-0.25, -0.2) is 0 Å². The van der Waals surface area contributed by atoms with Crippen molar-refractivity contribution in [3.63, 3.8) is 0 Å². The Bertz CT molecular complexity index is 390. The van der Waals surface area contributed by atoms with E-state index in [9.17, 15) is 5.11 Å². The Labute approximate surface area is 97.0 Å². The maximum absolute atomic E-state index is 9.88. The van der Waals surface area contributed by atoms with Crippen LogP contribution in [0.5, 0.6) is 5.75 Å². The minimum Gasteiger partial charge on any atom is -0.508 e. The fraction of sp³-hybridized carbons (Fsp3) is 0.429. The predicted molar refractivity (Wildman–Crippen MR) is 66.6 cm³/mol. The van der Waals surface area contributed by atoms with Gasteiger partial charge in [-0.2, -0.15) is 0 Å². The highest BCUT2D eigenvalue weighted by Gasteiger charge is 2.16. The summed E-state index contributed by atoms with van der Waals surface area (Å²) < 4.78 is 0. The number of aromatic hydroxyl groups is 1. The lowest BCUT2D eigenvalue weighted by atomic mass is 10.0. The van der Waals surface area contributed by atoms with Crippen molar-refractivity contribution >= 4 is 0 Å². The van der Waals surface area contributed by atoms with Crippen molar-refractivity contribution in [1.82, 2.24) is 5.32 Å². The van der Waals surface area contributed by atoms with Crippen molar-refractivity contribution in [2.24, 2.45) is 0 Å². The molecule has 1 aromatic rings. The first-order valence-corrected chi connectivity index (χ1v) is 5.87. The van der Waals surface area contributed by atoms with Crippen LogP contribution >= 0.6 is 0 Å². The Morgan fingerprint density at radius 1 is 1.31 bits per heavy atom. The van der Waals surface area contributed by atoms with E-state index in [0.29, 0.717) is 11.8 Å². The van der Waals surface area contributed by atoms with E-state index in [1.165, 1.54) is 0 Å². The van der Waals surface area contributed by atoms with E-state index in [1.54, 1.807) is 0 Å². The molecule has 0 aliphatic heterocycles. The van der Waals surface area contributed by atoms with Gasteiger partial charge >= 0.3 is 0 Å². The van der Waals surface area contributed by atoms with Gasteiger partial charge in [0.1, 0.15) is 5.75 Å². The van der Waals surface area contributed by atoms with Crippen LogP contribution < -0.4 is 5.32 Å². The third kappa shape index (κ3) is 2.45. The average Bonchev–Trinajstić information content (AvgIpc) is 2.70. The Balaban J connectivity index is 2.05. The molecule has 0 bridgehead atoms. The van der Waals surface area contributed by atoms with Crippen LogP contribution in [0.1, 0.15) is 36.9 Å². The number of phenols is 1. The summed E-state index contributed by atoms with van der Waals surface area (Å²) in [7, 11) is 0. The molecule has 2 rings (SSSR count). The molecule has 2 nitrogen and oxygen atoms in total. The monoisotopic (exact) mass is 217 g/mol. The number of aryl methyl sites for hydroxylation is 1. The second kappa shape index (κ2) is 4.71. The van der Waals surface area contributed by atoms with Crippen LogP contribution in [0.3, 0.4) is 0 Å². The smallest absolute Gasteiger partial charge is 0.120 e. The van der Waals surface area contributed by atoms with E-state index in [0.717, 1.165) is 24.0 Å². The minimum atomic E-state index is 0.200. The summed E-state index contributed by atoms with van der Waals surface area (Å²) >= 11 is 0. The number of phenolic OH excluding ortho intramolecular Hbond substituents is 1. The molecule has 1 aliphatic rings. The van der Waals surface area contributed by atoms with Gasteiger partial charge in [0.15, 0.2) is 0 Å². The van der Waals surface area contributed by atoms with E-state index in [-0.39, 0.29) is 6.04 Å². The molecule has 1 unspecified atom stereocenters. The molecule has 0 amide bonds. The molecular weight excluding hydrogens is 198 g/mol. The van der Waals surface area contributed by atoms with Gasteiger partial charge in [0, 0.05) is 17.6 Å². The standard InChI is InChI=1S/C14H19NO/c1-10-7-8-13(14(16)9-10)11(2)15-12-5-3-4-6-12/h3-4,7-9,11-12,15-16H,5-6H2,1-2H3. The van der Waals surface area contributed by atoms with Crippen molar-refractivity contribution in [2.75, 3.05) is 0 Å². The van der Waals surface area contributed by atoms with Crippen LogP contribution in [0.4, 0.5) is 0 Å². The van der Waals surface area contributed by atoms with Crippen molar-refractivity contribution in [1.29, 1.82) is 0 Å². The van der Waals surface area contributed by atoms with E-state index < -0.39 is 0 Å². The second-order valence-corrected chi connectivity index (χ2v) is 4.59. The first-order chi connectivity index (χ1) is 7.66. The molecule has 0 aromatic heterocycles. The molecule has 0 fully saturated rings. The second-order valence-electron chi connectivity index (χ2n) is 4.59. The summed E-state index contributed by atoms with van der Waals surface area (Å²) in [5.41, 5.74) is 2.08. The van der Waals surface area contributed by atoms with Gasteiger partial charge in [-0.1, -0.05) is 24.3 Å². The van der Waals surface area contributed by atoms with Crippen molar-refractivity contribution in [2.45, 2.75) is 38.8 Å². The highest BCUT2D eigenvalue weighted by molar-refractivity contribution is 5.37. The van der Waals surface area contributed by atoms with Crippen molar-refractivity contribution in [3.05, 3.63) is 41.5 Å². The summed E-state index contributed by atoms with van der Waals surface area (Å²) in [5.74, 6) is 0.394. The van der Waals surface area contributed by atoms with Gasteiger partial charge < -0.3 is 10.4 Å². The molecule has 1 aliphatic carbocycles. The quantitative estimate of drug-likeness (QED) is 0.763. The molecule has 2 heteroatoms. The Hall–Kier alpha value is -1.28. The number of rotatable bonds is 3. The lowest BCUT2D eigenvalue weighted by Crippen LogP contribution is -2.29. The first-order valence-electron chi connectivity index (χ1n) is 5.87. The van der Waals surface area contributed by atoms with Crippen LogP contribution in [-0.2, 0) is 0 Å². The maximum atomic E-state index is 9.88. The van der Waals surface area contributed by atoms with E-state index >= 15 is 0 Å². The Kier molecular flexibility index (Phi) is 3.30. The Morgan fingerprint density at radius 3 is 2.62 bits per heavy atom. The molecule has 0 saturated carbocycles. The molecule has 0 spiro atoms. The lowest BCUT2D eigenvalue weighted by molar-refractivity contribution is 0.431. The summed E-state index contributed by atoms with van der Waals surface area (Å²) in [6, 6.07) is 6.59. The topological polar surface area (TPSA) is 32.3 Å². The zero-order valence-electron chi connectivity index (χ0n) is 9.90. The number of nitrogens with one attached hydrogen (secondary N) is 1. The molecule has 86 valence electrons. The van der Waals surface area contributed by atoms with Crippen LogP contribution in [0.15, 0.2) is 30.4 Å². The summed E-state index contributed by atoms with van der Waals surface area (Å²) in [6.07, 6.45) is 6.60. The van der Waals surface area contributed by atoms with Crippen LogP contribution in [-0.4, -0.2) is 11.1 Å². The molecule has 1 aromatic carbocycles. The SMILES string of the molecule is Cc1ccc(C(C)NC2CC=CC2)c(O)c1. The normalized spacial score (nSPS) is 17.9. The molecule has 1 atom stereocenters. The minimum absolute atomic E-state index is 0.200. The number of hydrogen-bond acceptors (Lipinski definition) is 2. The van der Waals surface area contributed by atoms with E-state index in [1.807, 2.05) is 25.1 Å². The fourth-order valence-corrected chi connectivity index (χ4v) is 2.22. The molecule has 0 radical (unpaired) electrons. The van der Waals surface area contributed by atoms with Crippen LogP contribution in [0.25, 0.3) is 0 Å². The third-order valence-corrected chi connectivity index (χ3v) is 3.15. The third-order valence-electron chi connectivity index (χ3n) is 3.15. The highest BCUT2D eigenvalue weighted by Crippen LogP contribution is 2.26. The lowest BCUT2D eigenvalue weighted by Gasteiger charge is -2.20. The molecule has 0 saturated heterocycles. The molecule has 0 heterocycles. The summed E-state index contributed by atoms with van der Waals surface area (Å²) in [6.45, 7) is 4.09. The largest absolute Gasteiger partial charge is 0.508 e. The maximum Gasteiger partial charge on any atom is 0.120 e. The van der Waals surface area contributed by atoms with Gasteiger partial charge in [0.25, 0.3) is 0 Å². The van der Waals surface area contributed by atoms with Gasteiger partial charge in [0.05, 0.1) is 0 Å². The number of benzene rings is 1. The van der Waals surface area contributed by atoms with E-state index in [4.69, 9.17) is 0 Å². The zero-order chi connectivity index (χ0) is 11.5. The first kappa shape index (κ1) is 11.2. The summed E-state index contributed by atoms with van der Waals surface area (Å²) in [5, 5.41) is 13.4. The van der Waals surface area contributed by atoms with Crippen LogP contribution in [0.2, 0.25) is 0 Å². The molecule has 16 heavy (non-hydrogen) atoms. The number of hydrogen-bond donors (Lipinski definition) is 2. The van der Waals surface area contributed by atoms with Crippen LogP contribution in [0, 0.1) is 6.92 Å². The highest BCUT2D eigenvalue weighted by atomic mass is 16.3. The zero-order valence-corrected chi connectivity index (χ0v) is 9.90. The Morgan fingerprint density at radius 2 is 2.00 bits per heavy atom. The molecule has 2 N–H and O–H groups in total. The molecular formula is C14H19NO. The van der Waals surface area contributed by atoms with Gasteiger partial charge in [-0.05, 0) is 38.3 Å². The van der Waals surface area contributed by atoms with E-state index in [2.05, 4.69) is 24.4 Å². The van der Waals surface area contributed by atoms with Gasteiger partial charge in [-0.15, -0.1) is 0 Å². The fourth-order valence-electron chi connectivity index (χ4n) is 2.22. The van der Waals surface area contributed by atoms with Gasteiger partial charge in [-0.3, -0.25) is 0 Å².